The van der Waals surface area contributed by atoms with Crippen molar-refractivity contribution in [3.8, 4) is 0 Å². The molecule has 0 bridgehead atoms. The van der Waals surface area contributed by atoms with Crippen LogP contribution in [0.25, 0.3) is 0 Å². The van der Waals surface area contributed by atoms with E-state index < -0.39 is 35.2 Å². The van der Waals surface area contributed by atoms with E-state index in [2.05, 4.69) is 5.32 Å². The van der Waals surface area contributed by atoms with Crippen molar-refractivity contribution in [1.82, 2.24) is 5.32 Å². The number of morpholine rings is 1. The van der Waals surface area contributed by atoms with Gasteiger partial charge >= 0.3 is 6.09 Å². The van der Waals surface area contributed by atoms with Crippen molar-refractivity contribution in [3.63, 3.8) is 0 Å². The predicted octanol–water partition coefficient (Wildman–Crippen LogP) is 0.653. The van der Waals surface area contributed by atoms with E-state index in [9.17, 15) is 18.4 Å². The third-order valence-corrected chi connectivity index (χ3v) is 4.78. The van der Waals surface area contributed by atoms with Crippen LogP contribution in [0, 0.1) is 11.6 Å². The smallest absolute Gasteiger partial charge is 0.407 e. The van der Waals surface area contributed by atoms with Crippen LogP contribution < -0.4 is 16.0 Å². The fourth-order valence-electron chi connectivity index (χ4n) is 3.15. The van der Waals surface area contributed by atoms with Crippen LogP contribution in [0.2, 0.25) is 0 Å². The number of hydrogen-bond acceptors (Lipinski definition) is 5. The van der Waals surface area contributed by atoms with Crippen molar-refractivity contribution in [2.75, 3.05) is 37.7 Å². The highest BCUT2D eigenvalue weighted by Crippen LogP contribution is 2.35. The van der Waals surface area contributed by atoms with Gasteiger partial charge in [0.05, 0.1) is 19.8 Å². The highest BCUT2D eigenvalue weighted by atomic mass is 19.1. The molecule has 2 amide bonds. The minimum Gasteiger partial charge on any atom is -0.443 e. The van der Waals surface area contributed by atoms with Gasteiger partial charge in [0.2, 0.25) is 5.91 Å². The number of nitrogens with zero attached hydrogens (tertiary/aromatic N) is 1. The summed E-state index contributed by atoms with van der Waals surface area (Å²) in [6, 6.07) is 2.15. The monoisotopic (exact) mass is 355 g/mol. The summed E-state index contributed by atoms with van der Waals surface area (Å²) in [6.07, 6.45) is -1.66. The van der Waals surface area contributed by atoms with Crippen LogP contribution in [0.3, 0.4) is 0 Å². The summed E-state index contributed by atoms with van der Waals surface area (Å²) in [5.41, 5.74) is 3.77. The van der Waals surface area contributed by atoms with E-state index >= 15 is 0 Å². The molecule has 0 saturated carbocycles. The first-order valence-corrected chi connectivity index (χ1v) is 7.90. The van der Waals surface area contributed by atoms with Gasteiger partial charge in [0.15, 0.2) is 0 Å². The van der Waals surface area contributed by atoms with Crippen LogP contribution in [0.5, 0.6) is 0 Å². The van der Waals surface area contributed by atoms with Gasteiger partial charge in [0.25, 0.3) is 0 Å². The van der Waals surface area contributed by atoms with Gasteiger partial charge in [-0.05, 0) is 24.6 Å². The average molecular weight is 355 g/mol. The zero-order valence-corrected chi connectivity index (χ0v) is 13.7. The van der Waals surface area contributed by atoms with E-state index in [-0.39, 0.29) is 17.8 Å². The average Bonchev–Trinajstić information content (AvgIpc) is 3.01. The molecule has 0 aliphatic carbocycles. The molecule has 2 saturated heterocycles. The quantitative estimate of drug-likeness (QED) is 0.827. The summed E-state index contributed by atoms with van der Waals surface area (Å²) in [5.74, 6) is -2.45. The molecular weight excluding hydrogens is 336 g/mol. The van der Waals surface area contributed by atoms with E-state index in [1.165, 1.54) is 6.92 Å². The van der Waals surface area contributed by atoms with Gasteiger partial charge in [0, 0.05) is 13.1 Å². The van der Waals surface area contributed by atoms with Gasteiger partial charge in [-0.3, -0.25) is 4.79 Å². The molecule has 1 aromatic carbocycles. The van der Waals surface area contributed by atoms with Gasteiger partial charge in [-0.15, -0.1) is 0 Å². The number of amides is 2. The molecule has 2 heterocycles. The molecule has 2 fully saturated rings. The van der Waals surface area contributed by atoms with Crippen LogP contribution in [0.4, 0.5) is 19.3 Å². The Morgan fingerprint density at radius 2 is 1.92 bits per heavy atom. The molecule has 25 heavy (non-hydrogen) atoms. The highest BCUT2D eigenvalue weighted by molar-refractivity contribution is 5.88. The summed E-state index contributed by atoms with van der Waals surface area (Å²) in [7, 11) is 0. The number of carbonyl (C=O) groups excluding carboxylic acids is 2. The summed E-state index contributed by atoms with van der Waals surface area (Å²) in [4.78, 5) is 24.9. The zero-order chi connectivity index (χ0) is 18.2. The summed E-state index contributed by atoms with van der Waals surface area (Å²) < 4.78 is 39.5. The lowest BCUT2D eigenvalue weighted by molar-refractivity contribution is -0.126. The predicted molar refractivity (Wildman–Crippen MR) is 84.2 cm³/mol. The summed E-state index contributed by atoms with van der Waals surface area (Å²) >= 11 is 0. The number of hydrogen-bond donors (Lipinski definition) is 2. The van der Waals surface area contributed by atoms with Crippen molar-refractivity contribution < 1.29 is 27.8 Å². The SMILES string of the molecule is CC(C(N)=O)(c1cc(F)c(N2CCOCC2)c(F)c1)C1CNC(=O)O1. The first-order chi connectivity index (χ1) is 11.8. The minimum atomic E-state index is -1.57. The van der Waals surface area contributed by atoms with Crippen LogP contribution >= 0.6 is 0 Å². The number of cyclic esters (lactones) is 1. The van der Waals surface area contributed by atoms with Crippen molar-refractivity contribution in [2.24, 2.45) is 5.73 Å². The highest BCUT2D eigenvalue weighted by Gasteiger charge is 2.47. The molecule has 136 valence electrons. The molecule has 3 rings (SSSR count). The first-order valence-electron chi connectivity index (χ1n) is 7.90. The number of alkyl carbamates (subject to hydrolysis) is 1. The Balaban J connectivity index is 2.00. The Hall–Kier alpha value is -2.42. The maximum atomic E-state index is 14.7. The van der Waals surface area contributed by atoms with Gasteiger partial charge in [-0.2, -0.15) is 0 Å². The Morgan fingerprint density at radius 1 is 1.32 bits per heavy atom. The minimum absolute atomic E-state index is 0.0206. The normalized spacial score (nSPS) is 22.9. The van der Waals surface area contributed by atoms with E-state index in [1.54, 1.807) is 4.90 Å². The molecule has 2 aliphatic rings. The second kappa shape index (κ2) is 6.47. The van der Waals surface area contributed by atoms with Crippen molar-refractivity contribution in [2.45, 2.75) is 18.4 Å². The molecule has 3 N–H and O–H groups in total. The number of primary amides is 1. The zero-order valence-electron chi connectivity index (χ0n) is 13.7. The maximum Gasteiger partial charge on any atom is 0.407 e. The molecular formula is C16H19F2N3O4. The number of nitrogens with one attached hydrogen (secondary N) is 1. The van der Waals surface area contributed by atoms with E-state index in [4.69, 9.17) is 15.2 Å². The van der Waals surface area contributed by atoms with E-state index in [0.717, 1.165) is 12.1 Å². The molecule has 0 aromatic heterocycles. The molecule has 2 atom stereocenters. The second-order valence-electron chi connectivity index (χ2n) is 6.23. The molecule has 2 unspecified atom stereocenters. The van der Waals surface area contributed by atoms with Gasteiger partial charge in [0.1, 0.15) is 28.8 Å². The topological polar surface area (TPSA) is 93.9 Å². The van der Waals surface area contributed by atoms with Gasteiger partial charge < -0.3 is 25.4 Å². The molecule has 1 aromatic rings. The van der Waals surface area contributed by atoms with Crippen LogP contribution in [-0.4, -0.2) is 51.0 Å². The Bertz CT molecular complexity index is 686. The van der Waals surface area contributed by atoms with Gasteiger partial charge in [-0.25, -0.2) is 13.6 Å². The van der Waals surface area contributed by atoms with Crippen LogP contribution in [0.1, 0.15) is 12.5 Å². The third-order valence-electron chi connectivity index (χ3n) is 4.78. The lowest BCUT2D eigenvalue weighted by atomic mass is 9.76. The van der Waals surface area contributed by atoms with Crippen LogP contribution in [0.15, 0.2) is 12.1 Å². The number of anilines is 1. The number of nitrogens with two attached hydrogens (primary N) is 1. The Kier molecular flexibility index (Phi) is 4.51. The number of rotatable bonds is 4. The molecule has 7 nitrogen and oxygen atoms in total. The summed E-state index contributed by atoms with van der Waals surface area (Å²) in [5, 5.41) is 2.41. The maximum absolute atomic E-state index is 14.7. The third kappa shape index (κ3) is 2.99. The molecule has 0 spiro atoms. The fraction of sp³-hybridized carbons (Fsp3) is 0.500. The van der Waals surface area contributed by atoms with Gasteiger partial charge in [-0.1, -0.05) is 0 Å². The number of halogens is 2. The second-order valence-corrected chi connectivity index (χ2v) is 6.23. The number of carbonyl (C=O) groups is 2. The summed E-state index contributed by atoms with van der Waals surface area (Å²) in [6.45, 7) is 2.91. The molecule has 2 aliphatic heterocycles. The standard InChI is InChI=1S/C16H19F2N3O4/c1-16(14(19)22,12-8-20-15(23)25-12)9-6-10(17)13(11(18)7-9)21-2-4-24-5-3-21/h6-7,12H,2-5,8H2,1H3,(H2,19,22)(H,20,23). The number of ether oxygens (including phenoxy) is 2. The molecule has 0 radical (unpaired) electrons. The van der Waals surface area contributed by atoms with E-state index in [0.29, 0.717) is 26.3 Å². The fourth-order valence-corrected chi connectivity index (χ4v) is 3.15. The van der Waals surface area contributed by atoms with Crippen molar-refractivity contribution in [3.05, 3.63) is 29.3 Å². The van der Waals surface area contributed by atoms with Crippen LogP contribution in [-0.2, 0) is 19.7 Å². The number of benzene rings is 1. The van der Waals surface area contributed by atoms with Crippen molar-refractivity contribution >= 4 is 17.7 Å². The largest absolute Gasteiger partial charge is 0.443 e. The molecule has 9 heteroatoms. The Morgan fingerprint density at radius 3 is 2.40 bits per heavy atom. The lowest BCUT2D eigenvalue weighted by Gasteiger charge is -2.33. The Labute approximate surface area is 143 Å². The lowest BCUT2D eigenvalue weighted by Crippen LogP contribution is -2.50. The van der Waals surface area contributed by atoms with E-state index in [1.807, 2.05) is 0 Å². The first kappa shape index (κ1) is 17.4. The van der Waals surface area contributed by atoms with Crippen molar-refractivity contribution in [1.29, 1.82) is 0 Å².